The summed E-state index contributed by atoms with van der Waals surface area (Å²) in [6, 6.07) is 17.2. The van der Waals surface area contributed by atoms with Crippen LogP contribution in [0.4, 0.5) is 0 Å². The normalized spacial score (nSPS) is 31.7. The number of carbonyl (C=O) groups excluding carboxylic acids is 5. The monoisotopic (exact) mass is 716 g/mol. The van der Waals surface area contributed by atoms with Crippen LogP contribution in [0.25, 0.3) is 0 Å². The molecular weight excluding hydrogens is 676 g/mol. The predicted octanol–water partition coefficient (Wildman–Crippen LogP) is 2.17. The van der Waals surface area contributed by atoms with Gasteiger partial charge in [-0.2, -0.15) is 0 Å². The summed E-state index contributed by atoms with van der Waals surface area (Å²) in [5.41, 5.74) is 0.893. The van der Waals surface area contributed by atoms with Gasteiger partial charge < -0.3 is 52.1 Å². The molecule has 11 atom stereocenters. The highest BCUT2D eigenvalue weighted by Crippen LogP contribution is 2.39. The van der Waals surface area contributed by atoms with E-state index >= 15 is 0 Å². The highest BCUT2D eigenvalue weighted by molar-refractivity contribution is 5.89. The number of carbonyl (C=O) groups is 5. The molecule has 0 spiro atoms. The zero-order valence-corrected chi connectivity index (χ0v) is 28.6. The van der Waals surface area contributed by atoms with Crippen molar-refractivity contribution in [2.75, 3.05) is 20.3 Å². The minimum absolute atomic E-state index is 0.00186. The first-order chi connectivity index (χ1) is 24.4. The van der Waals surface area contributed by atoms with Crippen molar-refractivity contribution in [2.45, 2.75) is 95.4 Å². The third-order valence-electron chi connectivity index (χ3n) is 8.08. The molecule has 3 aliphatic heterocycles. The van der Waals surface area contributed by atoms with Crippen LogP contribution in [0.3, 0.4) is 0 Å². The van der Waals surface area contributed by atoms with Gasteiger partial charge in [-0.15, -0.1) is 0 Å². The first kappa shape index (κ1) is 37.8. The van der Waals surface area contributed by atoms with E-state index in [0.29, 0.717) is 5.56 Å². The molecule has 3 heterocycles. The molecule has 3 fully saturated rings. The Morgan fingerprint density at radius 1 is 0.647 bits per heavy atom. The lowest BCUT2D eigenvalue weighted by atomic mass is 9.95. The van der Waals surface area contributed by atoms with Crippen molar-refractivity contribution in [3.05, 3.63) is 71.8 Å². The van der Waals surface area contributed by atoms with E-state index in [2.05, 4.69) is 0 Å². The first-order valence-corrected chi connectivity index (χ1v) is 16.2. The Morgan fingerprint density at radius 2 is 1.24 bits per heavy atom. The maximum absolute atomic E-state index is 13.5. The topological polar surface area (TPSA) is 187 Å². The van der Waals surface area contributed by atoms with Crippen molar-refractivity contribution < 1.29 is 76.1 Å². The molecule has 0 N–H and O–H groups in total. The molecule has 16 heteroatoms. The molecule has 0 bridgehead atoms. The Hall–Kier alpha value is -4.45. The van der Waals surface area contributed by atoms with Crippen LogP contribution in [0.2, 0.25) is 0 Å². The maximum Gasteiger partial charge on any atom is 0.338 e. The van der Waals surface area contributed by atoms with Crippen LogP contribution >= 0.6 is 0 Å². The van der Waals surface area contributed by atoms with Crippen molar-refractivity contribution in [1.29, 1.82) is 0 Å². The number of hydrogen-bond donors (Lipinski definition) is 0. The van der Waals surface area contributed by atoms with E-state index in [1.165, 1.54) is 7.11 Å². The van der Waals surface area contributed by atoms with Gasteiger partial charge in [-0.25, -0.2) is 4.79 Å². The van der Waals surface area contributed by atoms with Crippen LogP contribution in [-0.2, 0) is 71.3 Å². The van der Waals surface area contributed by atoms with Crippen LogP contribution < -0.4 is 0 Å². The lowest BCUT2D eigenvalue weighted by Gasteiger charge is -2.50. The van der Waals surface area contributed by atoms with Crippen LogP contribution in [0, 0.1) is 0 Å². The number of methoxy groups -OCH3 is 1. The number of hydrogen-bond acceptors (Lipinski definition) is 16. The van der Waals surface area contributed by atoms with Crippen molar-refractivity contribution in [3.63, 3.8) is 0 Å². The number of esters is 5. The Bertz CT molecular complexity index is 1520. The lowest BCUT2D eigenvalue weighted by molar-refractivity contribution is -0.389. The van der Waals surface area contributed by atoms with E-state index in [0.717, 1.165) is 27.7 Å². The molecule has 0 radical (unpaired) electrons. The fourth-order valence-corrected chi connectivity index (χ4v) is 6.02. The molecule has 2 aromatic rings. The summed E-state index contributed by atoms with van der Waals surface area (Å²) in [5, 5.41) is 0. The molecule has 3 aliphatic rings. The van der Waals surface area contributed by atoms with Crippen molar-refractivity contribution in [3.8, 4) is 0 Å². The number of rotatable bonds is 11. The van der Waals surface area contributed by atoms with E-state index in [1.54, 1.807) is 42.5 Å². The fourth-order valence-electron chi connectivity index (χ4n) is 6.02. The van der Waals surface area contributed by atoms with E-state index in [4.69, 9.17) is 52.1 Å². The molecule has 0 saturated carbocycles. The second-order valence-corrected chi connectivity index (χ2v) is 11.9. The number of ether oxygens (including phenoxy) is 11. The summed E-state index contributed by atoms with van der Waals surface area (Å²) < 4.78 is 64.9. The molecule has 5 rings (SSSR count). The average molecular weight is 717 g/mol. The van der Waals surface area contributed by atoms with Gasteiger partial charge in [0, 0.05) is 40.4 Å². The molecule has 51 heavy (non-hydrogen) atoms. The first-order valence-electron chi connectivity index (χ1n) is 16.2. The molecule has 3 saturated heterocycles. The van der Waals surface area contributed by atoms with Gasteiger partial charge in [0.15, 0.2) is 43.3 Å². The number of fused-ring (bicyclic) bond motifs is 1. The maximum atomic E-state index is 13.5. The summed E-state index contributed by atoms with van der Waals surface area (Å²) in [5.74, 6) is -3.87. The molecule has 2 aromatic carbocycles. The zero-order valence-electron chi connectivity index (χ0n) is 28.6. The van der Waals surface area contributed by atoms with Crippen molar-refractivity contribution >= 4 is 29.8 Å². The quantitative estimate of drug-likeness (QED) is 0.243. The van der Waals surface area contributed by atoms with Gasteiger partial charge in [-0.05, 0) is 12.1 Å². The van der Waals surface area contributed by atoms with Crippen molar-refractivity contribution in [2.24, 2.45) is 0 Å². The summed E-state index contributed by atoms with van der Waals surface area (Å²) in [6.07, 6.45) is -14.1. The predicted molar refractivity (Wildman–Crippen MR) is 168 cm³/mol. The molecule has 0 unspecified atom stereocenters. The van der Waals surface area contributed by atoms with E-state index in [1.807, 2.05) is 18.2 Å². The molecule has 0 aromatic heterocycles. The summed E-state index contributed by atoms with van der Waals surface area (Å²) in [6.45, 7) is 4.00. The second-order valence-electron chi connectivity index (χ2n) is 11.9. The Morgan fingerprint density at radius 3 is 1.84 bits per heavy atom. The summed E-state index contributed by atoms with van der Waals surface area (Å²) >= 11 is 0. The SMILES string of the molecule is CO[C@H]1O[C@@H]2CO[C@@H](c3ccccc3)O[C@H]2[C@H](O[C@H]2O[C@H](COC(C)=O)[C@@H](OC(C)=O)[C@H](OC(C)=O)[C@@H]2OC(C)=O)[C@@H]1OC(=O)c1ccccc1. The molecular formula is C35H40O16. The van der Waals surface area contributed by atoms with Gasteiger partial charge in [-0.1, -0.05) is 48.5 Å². The van der Waals surface area contributed by atoms with Gasteiger partial charge in [0.1, 0.15) is 31.0 Å². The third-order valence-corrected chi connectivity index (χ3v) is 8.08. The summed E-state index contributed by atoms with van der Waals surface area (Å²) in [4.78, 5) is 62.4. The minimum Gasteiger partial charge on any atom is -0.463 e. The van der Waals surface area contributed by atoms with E-state index in [-0.39, 0.29) is 12.2 Å². The van der Waals surface area contributed by atoms with Crippen LogP contribution in [0.1, 0.15) is 49.9 Å². The van der Waals surface area contributed by atoms with Crippen molar-refractivity contribution in [1.82, 2.24) is 0 Å². The zero-order chi connectivity index (χ0) is 36.7. The van der Waals surface area contributed by atoms with Gasteiger partial charge in [-0.3, -0.25) is 19.2 Å². The Kier molecular flexibility index (Phi) is 12.7. The summed E-state index contributed by atoms with van der Waals surface area (Å²) in [7, 11) is 1.34. The smallest absolute Gasteiger partial charge is 0.338 e. The molecule has 276 valence electrons. The van der Waals surface area contributed by atoms with E-state index < -0.39 is 104 Å². The molecule has 0 aliphatic carbocycles. The highest BCUT2D eigenvalue weighted by Gasteiger charge is 2.58. The second kappa shape index (κ2) is 17.2. The van der Waals surface area contributed by atoms with Gasteiger partial charge in [0.2, 0.25) is 0 Å². The largest absolute Gasteiger partial charge is 0.463 e. The minimum atomic E-state index is -1.63. The van der Waals surface area contributed by atoms with Gasteiger partial charge >= 0.3 is 29.8 Å². The Labute approximate surface area is 293 Å². The molecule has 0 amide bonds. The number of benzene rings is 2. The van der Waals surface area contributed by atoms with Crippen LogP contribution in [-0.4, -0.2) is 112 Å². The average Bonchev–Trinajstić information content (AvgIpc) is 3.10. The van der Waals surface area contributed by atoms with Crippen LogP contribution in [0.15, 0.2) is 60.7 Å². The molecule has 16 nitrogen and oxygen atoms in total. The fraction of sp³-hybridized carbons (Fsp3) is 0.514. The lowest BCUT2D eigenvalue weighted by Crippen LogP contribution is -2.68. The van der Waals surface area contributed by atoms with E-state index in [9.17, 15) is 24.0 Å². The van der Waals surface area contributed by atoms with Gasteiger partial charge in [0.25, 0.3) is 0 Å². The van der Waals surface area contributed by atoms with Gasteiger partial charge in [0.05, 0.1) is 12.2 Å². The van der Waals surface area contributed by atoms with Crippen LogP contribution in [0.5, 0.6) is 0 Å². The highest BCUT2D eigenvalue weighted by atomic mass is 16.8. The third kappa shape index (κ3) is 9.46. The standard InChI is InChI=1S/C35H40O16/c1-18(36)42-16-24-26(44-19(2)37)28(45-20(3)38)31(46-21(4)39)35(48-24)51-29-27-25(17-43-33(50-27)23-14-10-7-11-15-23)47-34(41-5)30(29)49-32(40)22-12-8-6-9-13-22/h6-15,24-31,33-35H,16-17H2,1-5H3/t24-,25-,26-,27-,28+,29+,30+,31+,33-,34+,35-/m1/s1. The Balaban J connectivity index is 1.57.